The monoisotopic (exact) mass is 457 g/mol. The second-order valence-electron chi connectivity index (χ2n) is 7.87. The van der Waals surface area contributed by atoms with Crippen LogP contribution in [0.15, 0.2) is 40.0 Å². The molecule has 0 spiro atoms. The maximum Gasteiger partial charge on any atom is 0.277 e. The summed E-state index contributed by atoms with van der Waals surface area (Å²) in [6.45, 7) is 3.07. The Balaban J connectivity index is 1.10. The highest BCUT2D eigenvalue weighted by molar-refractivity contribution is 7.99. The van der Waals surface area contributed by atoms with E-state index in [1.165, 1.54) is 28.6 Å². The average molecular weight is 458 g/mol. The lowest BCUT2D eigenvalue weighted by Gasteiger charge is -2.26. The molecule has 2 atom stereocenters. The molecule has 0 bridgehead atoms. The minimum atomic E-state index is -0.216. The predicted molar refractivity (Wildman–Crippen MR) is 119 cm³/mol. The number of benzene rings is 1. The highest BCUT2D eigenvalue weighted by Gasteiger charge is 2.22. The number of hydrogen-bond donors (Lipinski definition) is 1. The molecule has 162 valence electrons. The van der Waals surface area contributed by atoms with Gasteiger partial charge in [0.05, 0.1) is 17.2 Å². The van der Waals surface area contributed by atoms with E-state index in [0.717, 1.165) is 29.4 Å². The third kappa shape index (κ3) is 4.72. The van der Waals surface area contributed by atoms with Gasteiger partial charge in [-0.15, -0.1) is 21.5 Å². The maximum atomic E-state index is 12.2. The molecule has 1 amide bonds. The Bertz CT molecular complexity index is 1080. The summed E-state index contributed by atoms with van der Waals surface area (Å²) in [4.78, 5) is 14.7. The molecule has 0 saturated heterocycles. The molecule has 0 saturated carbocycles. The molecular formula is C22H23N3O4S2. The van der Waals surface area contributed by atoms with Gasteiger partial charge in [0.2, 0.25) is 5.91 Å². The molecule has 1 aromatic carbocycles. The molecule has 1 N–H and O–H groups in total. The lowest BCUT2D eigenvalue weighted by atomic mass is 9.90. The Kier molecular flexibility index (Phi) is 5.87. The number of carbonyl (C=O) groups is 1. The quantitative estimate of drug-likeness (QED) is 0.561. The van der Waals surface area contributed by atoms with Gasteiger partial charge in [-0.05, 0) is 48.9 Å². The van der Waals surface area contributed by atoms with E-state index in [0.29, 0.717) is 30.0 Å². The summed E-state index contributed by atoms with van der Waals surface area (Å²) in [5.41, 5.74) is 1.40. The van der Waals surface area contributed by atoms with E-state index in [9.17, 15) is 4.79 Å². The first-order valence-electron chi connectivity index (χ1n) is 10.4. The normalized spacial score (nSPS) is 19.6. The Hall–Kier alpha value is -2.52. The molecule has 0 fully saturated rings. The second-order valence-corrected chi connectivity index (χ2v) is 9.93. The molecule has 7 nitrogen and oxygen atoms in total. The van der Waals surface area contributed by atoms with Crippen molar-refractivity contribution >= 4 is 29.0 Å². The molecule has 3 aromatic rings. The van der Waals surface area contributed by atoms with Crippen molar-refractivity contribution < 1.29 is 18.7 Å². The molecule has 9 heteroatoms. The maximum absolute atomic E-state index is 12.2. The number of thioether (sulfide) groups is 1. The number of aryl methyl sites for hydroxylation is 1. The Morgan fingerprint density at radius 2 is 2.16 bits per heavy atom. The lowest BCUT2D eigenvalue weighted by Crippen LogP contribution is -2.41. The number of rotatable bonds is 6. The fourth-order valence-electron chi connectivity index (χ4n) is 3.75. The van der Waals surface area contributed by atoms with Gasteiger partial charge in [-0.25, -0.2) is 0 Å². The zero-order valence-electron chi connectivity index (χ0n) is 17.1. The zero-order chi connectivity index (χ0) is 21.2. The standard InChI is InChI=1S/C22H23N3O4S2/c1-13-6-7-18-14(8-13)9-19(31-18)21-24-25-22(29-21)30-12-20(26)23-10-15-11-27-16-4-2-3-5-17(16)28-15/h2-5,9,13,15H,6-8,10-12H2,1H3,(H,23,26). The Morgan fingerprint density at radius 3 is 3.06 bits per heavy atom. The summed E-state index contributed by atoms with van der Waals surface area (Å²) in [7, 11) is 0. The first kappa shape index (κ1) is 20.4. The highest BCUT2D eigenvalue weighted by Crippen LogP contribution is 2.37. The largest absolute Gasteiger partial charge is 0.486 e. The van der Waals surface area contributed by atoms with Crippen LogP contribution >= 0.6 is 23.1 Å². The highest BCUT2D eigenvalue weighted by atomic mass is 32.2. The lowest BCUT2D eigenvalue weighted by molar-refractivity contribution is -0.119. The summed E-state index contributed by atoms with van der Waals surface area (Å²) in [5, 5.41) is 11.5. The molecule has 2 aromatic heterocycles. The van der Waals surface area contributed by atoms with Crippen LogP contribution in [0.3, 0.4) is 0 Å². The zero-order valence-corrected chi connectivity index (χ0v) is 18.8. The van der Waals surface area contributed by atoms with E-state index in [-0.39, 0.29) is 17.8 Å². The number of carbonyl (C=O) groups excluding carboxylic acids is 1. The van der Waals surface area contributed by atoms with Crippen LogP contribution in [0.4, 0.5) is 0 Å². The van der Waals surface area contributed by atoms with Crippen molar-refractivity contribution in [2.45, 2.75) is 37.5 Å². The summed E-state index contributed by atoms with van der Waals surface area (Å²) < 4.78 is 17.3. The number of fused-ring (bicyclic) bond motifs is 2. The van der Waals surface area contributed by atoms with Crippen LogP contribution in [0.2, 0.25) is 0 Å². The summed E-state index contributed by atoms with van der Waals surface area (Å²) in [5.74, 6) is 2.76. The van der Waals surface area contributed by atoms with E-state index in [1.807, 2.05) is 24.3 Å². The van der Waals surface area contributed by atoms with E-state index < -0.39 is 0 Å². The third-order valence-electron chi connectivity index (χ3n) is 5.37. The van der Waals surface area contributed by atoms with Gasteiger partial charge in [0.15, 0.2) is 11.5 Å². The van der Waals surface area contributed by atoms with Crippen molar-refractivity contribution in [3.63, 3.8) is 0 Å². The van der Waals surface area contributed by atoms with Crippen molar-refractivity contribution in [2.24, 2.45) is 5.92 Å². The van der Waals surface area contributed by atoms with Gasteiger partial charge in [-0.3, -0.25) is 4.79 Å². The number of nitrogens with zero attached hydrogens (tertiary/aromatic N) is 2. The van der Waals surface area contributed by atoms with Crippen LogP contribution in [0.25, 0.3) is 10.8 Å². The van der Waals surface area contributed by atoms with Gasteiger partial charge in [-0.1, -0.05) is 30.8 Å². The number of nitrogens with one attached hydrogen (secondary N) is 1. The average Bonchev–Trinajstić information content (AvgIpc) is 3.42. The SMILES string of the molecule is CC1CCc2sc(-c3nnc(SCC(=O)NCC4COc5ccccc5O4)o3)cc2C1. The summed E-state index contributed by atoms with van der Waals surface area (Å²) in [6, 6.07) is 9.69. The molecular weight excluding hydrogens is 434 g/mol. The van der Waals surface area contributed by atoms with Crippen molar-refractivity contribution in [1.29, 1.82) is 0 Å². The molecule has 0 radical (unpaired) electrons. The van der Waals surface area contributed by atoms with E-state index in [1.54, 1.807) is 11.3 Å². The fourth-order valence-corrected chi connectivity index (χ4v) is 5.47. The Morgan fingerprint density at radius 1 is 1.29 bits per heavy atom. The molecule has 2 aliphatic rings. The summed E-state index contributed by atoms with van der Waals surface area (Å²) >= 11 is 2.97. The molecule has 5 rings (SSSR count). The first-order valence-corrected chi connectivity index (χ1v) is 12.2. The number of ether oxygens (including phenoxy) is 2. The molecule has 3 heterocycles. The minimum absolute atomic E-state index is 0.118. The topological polar surface area (TPSA) is 86.5 Å². The number of para-hydroxylation sites is 2. The second kappa shape index (κ2) is 8.92. The number of hydrogen-bond acceptors (Lipinski definition) is 8. The van der Waals surface area contributed by atoms with Gasteiger partial charge in [0.25, 0.3) is 11.1 Å². The summed E-state index contributed by atoms with van der Waals surface area (Å²) in [6.07, 6.45) is 3.25. The number of aromatic nitrogens is 2. The van der Waals surface area contributed by atoms with Crippen molar-refractivity contribution in [3.8, 4) is 22.3 Å². The van der Waals surface area contributed by atoms with Crippen LogP contribution in [0.1, 0.15) is 23.8 Å². The van der Waals surface area contributed by atoms with E-state index in [2.05, 4.69) is 28.5 Å². The molecule has 1 aliphatic carbocycles. The molecule has 2 unspecified atom stereocenters. The number of thiophene rings is 1. The van der Waals surface area contributed by atoms with E-state index >= 15 is 0 Å². The van der Waals surface area contributed by atoms with Gasteiger partial charge in [-0.2, -0.15) is 0 Å². The third-order valence-corrected chi connectivity index (χ3v) is 7.41. The van der Waals surface area contributed by atoms with Gasteiger partial charge < -0.3 is 19.2 Å². The smallest absolute Gasteiger partial charge is 0.277 e. The van der Waals surface area contributed by atoms with Crippen molar-refractivity contribution in [2.75, 3.05) is 18.9 Å². The Labute approximate surface area is 188 Å². The molecule has 1 aliphatic heterocycles. The van der Waals surface area contributed by atoms with E-state index in [4.69, 9.17) is 13.9 Å². The van der Waals surface area contributed by atoms with Crippen molar-refractivity contribution in [1.82, 2.24) is 15.5 Å². The van der Waals surface area contributed by atoms with Crippen LogP contribution in [0.5, 0.6) is 11.5 Å². The van der Waals surface area contributed by atoms with Crippen LogP contribution in [-0.2, 0) is 17.6 Å². The minimum Gasteiger partial charge on any atom is -0.486 e. The predicted octanol–water partition coefficient (Wildman–Crippen LogP) is 3.97. The van der Waals surface area contributed by atoms with Gasteiger partial charge in [0, 0.05) is 4.88 Å². The van der Waals surface area contributed by atoms with Crippen LogP contribution in [0, 0.1) is 5.92 Å². The van der Waals surface area contributed by atoms with Crippen LogP contribution in [-0.4, -0.2) is 41.1 Å². The van der Waals surface area contributed by atoms with Crippen LogP contribution < -0.4 is 14.8 Å². The van der Waals surface area contributed by atoms with Crippen molar-refractivity contribution in [3.05, 3.63) is 40.8 Å². The van der Waals surface area contributed by atoms with Gasteiger partial charge >= 0.3 is 0 Å². The molecule has 31 heavy (non-hydrogen) atoms. The van der Waals surface area contributed by atoms with Gasteiger partial charge in [0.1, 0.15) is 12.7 Å². The number of amides is 1. The fraction of sp³-hybridized carbons (Fsp3) is 0.409. The first-order chi connectivity index (χ1) is 15.1.